The molecule has 30 heavy (non-hydrogen) atoms. The summed E-state index contributed by atoms with van der Waals surface area (Å²) >= 11 is -2.29. The van der Waals surface area contributed by atoms with Gasteiger partial charge in [0.05, 0.1) is 6.61 Å². The molecule has 160 valence electrons. The molecular weight excluding hydrogens is 408 g/mol. The fraction of sp³-hybridized carbons (Fsp3) is 0.238. The fourth-order valence-corrected chi connectivity index (χ4v) is 3.21. The van der Waals surface area contributed by atoms with E-state index in [1.165, 1.54) is 18.2 Å². The van der Waals surface area contributed by atoms with Crippen LogP contribution < -0.4 is 15.5 Å². The van der Waals surface area contributed by atoms with E-state index in [1.54, 1.807) is 23.7 Å². The maximum absolute atomic E-state index is 12.1. The summed E-state index contributed by atoms with van der Waals surface area (Å²) in [7, 11) is 0. The van der Waals surface area contributed by atoms with Crippen molar-refractivity contribution in [3.63, 3.8) is 0 Å². The lowest BCUT2D eigenvalue weighted by Crippen LogP contribution is -2.38. The van der Waals surface area contributed by atoms with Gasteiger partial charge >= 0.3 is 0 Å². The van der Waals surface area contributed by atoms with Crippen molar-refractivity contribution in [2.75, 3.05) is 12.4 Å². The second-order valence-electron chi connectivity index (χ2n) is 6.38. The van der Waals surface area contributed by atoms with Crippen molar-refractivity contribution in [1.82, 2.24) is 10.8 Å². The Morgan fingerprint density at radius 1 is 1.13 bits per heavy atom. The molecule has 0 aromatic heterocycles. The van der Waals surface area contributed by atoms with E-state index in [1.807, 2.05) is 30.3 Å². The number of amides is 2. The van der Waals surface area contributed by atoms with Gasteiger partial charge in [-0.1, -0.05) is 41.4 Å². The number of hydroxylamine groups is 1. The first-order chi connectivity index (χ1) is 14.5. The molecule has 0 aliphatic rings. The van der Waals surface area contributed by atoms with E-state index in [-0.39, 0.29) is 17.2 Å². The molecule has 2 atom stereocenters. The van der Waals surface area contributed by atoms with Crippen LogP contribution in [-0.4, -0.2) is 44.2 Å². The van der Waals surface area contributed by atoms with Gasteiger partial charge in [-0.2, -0.15) is 0 Å². The molecule has 0 fully saturated rings. The first kappa shape index (κ1) is 23.3. The summed E-state index contributed by atoms with van der Waals surface area (Å²) in [6.07, 6.45) is 3.97. The van der Waals surface area contributed by atoms with E-state index < -0.39 is 23.0 Å². The quantitative estimate of drug-likeness (QED) is 0.164. The number of nitrogens with one attached hydrogen (secondary N) is 2. The number of benzene rings is 2. The third kappa shape index (κ3) is 8.56. The van der Waals surface area contributed by atoms with E-state index in [2.05, 4.69) is 5.32 Å². The average Bonchev–Trinajstić information content (AvgIpc) is 2.75. The Kier molecular flexibility index (Phi) is 9.72. The van der Waals surface area contributed by atoms with Crippen molar-refractivity contribution in [2.45, 2.75) is 18.9 Å². The molecule has 0 radical (unpaired) electrons. The molecule has 0 heterocycles. The second kappa shape index (κ2) is 12.5. The zero-order chi connectivity index (χ0) is 21.8. The van der Waals surface area contributed by atoms with Crippen LogP contribution in [-0.2, 0) is 15.9 Å². The van der Waals surface area contributed by atoms with E-state index in [0.717, 1.165) is 5.56 Å². The lowest BCUT2D eigenvalue weighted by Gasteiger charge is -2.19. The predicted octanol–water partition coefficient (Wildman–Crippen LogP) is 2.04. The van der Waals surface area contributed by atoms with Gasteiger partial charge in [0.15, 0.2) is 0 Å². The highest BCUT2D eigenvalue weighted by atomic mass is 32.2. The summed E-state index contributed by atoms with van der Waals surface area (Å²) in [6.45, 7) is 0.309. The molecule has 9 heteroatoms. The van der Waals surface area contributed by atoms with Crippen LogP contribution in [0.3, 0.4) is 0 Å². The number of carbonyl (C=O) groups is 2. The van der Waals surface area contributed by atoms with Crippen LogP contribution in [0.25, 0.3) is 6.08 Å². The Balaban J connectivity index is 1.80. The molecule has 8 nitrogen and oxygen atoms in total. The van der Waals surface area contributed by atoms with Gasteiger partial charge in [0.1, 0.15) is 5.75 Å². The van der Waals surface area contributed by atoms with Gasteiger partial charge in [0.25, 0.3) is 5.91 Å². The SMILES string of the molecule is O=C(/C=C/c1ccccc1)N[C@@H](CCCOc1ccc(C(=O)NO)cc1)CS(=O)[O-]. The molecule has 3 N–H and O–H groups in total. The van der Waals surface area contributed by atoms with Gasteiger partial charge in [-0.05, 0) is 48.7 Å². The number of hydrogen-bond acceptors (Lipinski definition) is 6. The summed E-state index contributed by atoms with van der Waals surface area (Å²) in [5, 5.41) is 11.3. The van der Waals surface area contributed by atoms with Crippen LogP contribution >= 0.6 is 0 Å². The lowest BCUT2D eigenvalue weighted by molar-refractivity contribution is -0.117. The van der Waals surface area contributed by atoms with E-state index in [0.29, 0.717) is 25.2 Å². The summed E-state index contributed by atoms with van der Waals surface area (Å²) in [5.74, 6) is -0.640. The Labute approximate surface area is 177 Å². The Bertz CT molecular complexity index is 871. The number of hydrogen-bond donors (Lipinski definition) is 3. The number of carbonyl (C=O) groups excluding carboxylic acids is 2. The Morgan fingerprint density at radius 2 is 1.83 bits per heavy atom. The van der Waals surface area contributed by atoms with Crippen LogP contribution in [0.1, 0.15) is 28.8 Å². The van der Waals surface area contributed by atoms with Crippen LogP contribution in [0.5, 0.6) is 5.75 Å². The van der Waals surface area contributed by atoms with Gasteiger partial charge < -0.3 is 14.6 Å². The van der Waals surface area contributed by atoms with Gasteiger partial charge in [-0.15, -0.1) is 0 Å². The fourth-order valence-electron chi connectivity index (χ4n) is 2.63. The molecule has 2 amide bonds. The summed E-state index contributed by atoms with van der Waals surface area (Å²) < 4.78 is 27.7. The van der Waals surface area contributed by atoms with Crippen LogP contribution in [0.15, 0.2) is 60.7 Å². The average molecular weight is 431 g/mol. The van der Waals surface area contributed by atoms with Crippen molar-refractivity contribution in [3.8, 4) is 5.75 Å². The monoisotopic (exact) mass is 431 g/mol. The molecule has 0 aliphatic heterocycles. The lowest BCUT2D eigenvalue weighted by atomic mass is 10.1. The number of ether oxygens (including phenoxy) is 1. The van der Waals surface area contributed by atoms with Crippen molar-refractivity contribution in [1.29, 1.82) is 0 Å². The van der Waals surface area contributed by atoms with Gasteiger partial charge in [0, 0.05) is 23.4 Å². The van der Waals surface area contributed by atoms with Crippen LogP contribution in [0.2, 0.25) is 0 Å². The topological polar surface area (TPSA) is 128 Å². The number of rotatable bonds is 11. The van der Waals surface area contributed by atoms with Gasteiger partial charge in [-0.3, -0.25) is 19.0 Å². The molecule has 0 spiro atoms. The summed E-state index contributed by atoms with van der Waals surface area (Å²) in [5.41, 5.74) is 2.70. The molecule has 2 rings (SSSR count). The van der Waals surface area contributed by atoms with E-state index >= 15 is 0 Å². The molecule has 0 saturated heterocycles. The molecule has 0 bridgehead atoms. The van der Waals surface area contributed by atoms with Crippen LogP contribution in [0.4, 0.5) is 0 Å². The second-order valence-corrected chi connectivity index (χ2v) is 7.32. The van der Waals surface area contributed by atoms with E-state index in [9.17, 15) is 18.4 Å². The molecule has 0 aliphatic carbocycles. The summed E-state index contributed by atoms with van der Waals surface area (Å²) in [6, 6.07) is 15.0. The molecule has 0 saturated carbocycles. The Hall–Kier alpha value is -3.01. The Morgan fingerprint density at radius 3 is 2.47 bits per heavy atom. The molecule has 2 aromatic rings. The normalized spacial score (nSPS) is 12.9. The van der Waals surface area contributed by atoms with Gasteiger partial charge in [0.2, 0.25) is 5.91 Å². The first-order valence-corrected chi connectivity index (χ1v) is 10.5. The first-order valence-electron chi connectivity index (χ1n) is 9.24. The van der Waals surface area contributed by atoms with Crippen LogP contribution in [0, 0.1) is 0 Å². The smallest absolute Gasteiger partial charge is 0.274 e. The van der Waals surface area contributed by atoms with Crippen molar-refractivity contribution < 1.29 is 28.3 Å². The predicted molar refractivity (Wildman–Crippen MR) is 112 cm³/mol. The largest absolute Gasteiger partial charge is 0.772 e. The third-order valence-electron chi connectivity index (χ3n) is 4.09. The van der Waals surface area contributed by atoms with E-state index in [4.69, 9.17) is 9.94 Å². The van der Waals surface area contributed by atoms with Gasteiger partial charge in [-0.25, -0.2) is 5.48 Å². The minimum atomic E-state index is -2.29. The van der Waals surface area contributed by atoms with Crippen molar-refractivity contribution in [3.05, 3.63) is 71.8 Å². The van der Waals surface area contributed by atoms with Crippen molar-refractivity contribution >= 4 is 29.0 Å². The van der Waals surface area contributed by atoms with Crippen molar-refractivity contribution in [2.24, 2.45) is 0 Å². The standard InChI is InChI=1S/C21H24N2O6S/c24-20(13-8-16-5-2-1-3-6-16)22-18(15-30(27)28)7-4-14-29-19-11-9-17(10-12-19)21(25)23-26/h1-3,5-6,8-13,18,26H,4,7,14-15H2,(H,22,24)(H,23,25)(H,27,28)/p-1/b13-8+/t18-/m0/s1. The minimum absolute atomic E-state index is 0.185. The zero-order valence-electron chi connectivity index (χ0n) is 16.2. The molecule has 1 unspecified atom stereocenters. The maximum atomic E-state index is 12.1. The highest BCUT2D eigenvalue weighted by molar-refractivity contribution is 7.79. The maximum Gasteiger partial charge on any atom is 0.274 e. The summed E-state index contributed by atoms with van der Waals surface area (Å²) in [4.78, 5) is 23.4. The molecule has 2 aromatic carbocycles. The molecular formula is C21H23N2O6S-. The highest BCUT2D eigenvalue weighted by Gasteiger charge is 2.11. The minimum Gasteiger partial charge on any atom is -0.772 e. The highest BCUT2D eigenvalue weighted by Crippen LogP contribution is 2.13. The zero-order valence-corrected chi connectivity index (χ0v) is 17.0. The third-order valence-corrected chi connectivity index (χ3v) is 4.77.